The highest BCUT2D eigenvalue weighted by Gasteiger charge is 2.31. The Morgan fingerprint density at radius 3 is 2.71 bits per heavy atom. The van der Waals surface area contributed by atoms with E-state index < -0.39 is 0 Å². The molecule has 1 atom stereocenters. The number of nitrogens with zero attached hydrogens (tertiary/aromatic N) is 2. The topological polar surface area (TPSA) is 56.7 Å². The number of halogens is 1. The van der Waals surface area contributed by atoms with Crippen molar-refractivity contribution in [2.24, 2.45) is 10.9 Å². The van der Waals surface area contributed by atoms with Gasteiger partial charge in [-0.15, -0.1) is 24.0 Å². The third-order valence-corrected chi connectivity index (χ3v) is 5.64. The zero-order valence-corrected chi connectivity index (χ0v) is 19.6. The normalized spacial score (nSPS) is 20.6. The fraction of sp³-hybridized carbons (Fsp3) is 0.636. The maximum Gasteiger partial charge on any atom is 0.225 e. The molecule has 1 unspecified atom stereocenters. The molecular formula is C22H35IN4O. The molecule has 1 saturated heterocycles. The van der Waals surface area contributed by atoms with E-state index >= 15 is 0 Å². The average Bonchev–Trinajstić information content (AvgIpc) is 3.15. The molecule has 1 aliphatic carbocycles. The Kier molecular flexibility index (Phi) is 9.55. The van der Waals surface area contributed by atoms with Crippen molar-refractivity contribution in [3.63, 3.8) is 0 Å². The molecule has 1 aliphatic heterocycles. The van der Waals surface area contributed by atoms with Crippen LogP contribution in [0.4, 0.5) is 0 Å². The van der Waals surface area contributed by atoms with Gasteiger partial charge in [-0.25, -0.2) is 4.99 Å². The van der Waals surface area contributed by atoms with Gasteiger partial charge in [0, 0.05) is 31.6 Å². The molecule has 28 heavy (non-hydrogen) atoms. The van der Waals surface area contributed by atoms with E-state index in [1.165, 1.54) is 30.4 Å². The molecule has 5 nitrogen and oxygen atoms in total. The van der Waals surface area contributed by atoms with Crippen LogP contribution in [0.2, 0.25) is 0 Å². The summed E-state index contributed by atoms with van der Waals surface area (Å²) in [6, 6.07) is 8.75. The van der Waals surface area contributed by atoms with Gasteiger partial charge in [-0.1, -0.05) is 49.1 Å². The highest BCUT2D eigenvalue weighted by atomic mass is 127. The summed E-state index contributed by atoms with van der Waals surface area (Å²) in [6.07, 6.45) is 6.86. The number of benzene rings is 1. The van der Waals surface area contributed by atoms with E-state index in [2.05, 4.69) is 53.6 Å². The largest absolute Gasteiger partial charge is 0.357 e. The van der Waals surface area contributed by atoms with Crippen molar-refractivity contribution in [2.75, 3.05) is 19.6 Å². The first-order chi connectivity index (χ1) is 13.2. The number of hydrogen-bond donors (Lipinski definition) is 2. The second kappa shape index (κ2) is 11.6. The van der Waals surface area contributed by atoms with Crippen LogP contribution in [-0.4, -0.2) is 42.4 Å². The lowest BCUT2D eigenvalue weighted by molar-refractivity contribution is -0.135. The van der Waals surface area contributed by atoms with Crippen LogP contribution in [0.15, 0.2) is 29.3 Å². The van der Waals surface area contributed by atoms with Crippen LogP contribution in [0.3, 0.4) is 0 Å². The molecular weight excluding hydrogens is 463 g/mol. The van der Waals surface area contributed by atoms with E-state index in [9.17, 15) is 4.79 Å². The van der Waals surface area contributed by atoms with Crippen LogP contribution in [-0.2, 0) is 11.3 Å². The Morgan fingerprint density at radius 2 is 2.00 bits per heavy atom. The molecule has 0 aromatic heterocycles. The summed E-state index contributed by atoms with van der Waals surface area (Å²) >= 11 is 0. The van der Waals surface area contributed by atoms with Gasteiger partial charge in [0.05, 0.1) is 6.54 Å². The molecule has 1 aromatic rings. The Hall–Kier alpha value is -1.31. The molecule has 2 aliphatic rings. The lowest BCUT2D eigenvalue weighted by atomic mass is 9.88. The summed E-state index contributed by atoms with van der Waals surface area (Å²) in [4.78, 5) is 19.6. The second-order valence-corrected chi connectivity index (χ2v) is 7.93. The lowest BCUT2D eigenvalue weighted by Gasteiger charge is -2.26. The van der Waals surface area contributed by atoms with Gasteiger partial charge in [-0.3, -0.25) is 4.79 Å². The molecule has 1 amide bonds. The SMILES string of the molecule is CCNC(=NCc1cccc(C)c1)NC1CCN(C(=O)C2CCCCC2)C1.I. The Balaban J connectivity index is 0.00000280. The minimum absolute atomic E-state index is 0. The number of amides is 1. The second-order valence-electron chi connectivity index (χ2n) is 7.93. The monoisotopic (exact) mass is 498 g/mol. The first-order valence-corrected chi connectivity index (χ1v) is 10.5. The van der Waals surface area contributed by atoms with Gasteiger partial charge in [0.2, 0.25) is 5.91 Å². The zero-order chi connectivity index (χ0) is 19.1. The molecule has 1 saturated carbocycles. The van der Waals surface area contributed by atoms with Crippen molar-refractivity contribution in [3.05, 3.63) is 35.4 Å². The van der Waals surface area contributed by atoms with Crippen molar-refractivity contribution < 1.29 is 4.79 Å². The molecule has 2 N–H and O–H groups in total. The van der Waals surface area contributed by atoms with Crippen LogP contribution < -0.4 is 10.6 Å². The fourth-order valence-corrected chi connectivity index (χ4v) is 4.18. The van der Waals surface area contributed by atoms with Crippen LogP contribution in [0, 0.1) is 12.8 Å². The first-order valence-electron chi connectivity index (χ1n) is 10.5. The lowest BCUT2D eigenvalue weighted by Crippen LogP contribution is -2.45. The van der Waals surface area contributed by atoms with Crippen LogP contribution >= 0.6 is 24.0 Å². The van der Waals surface area contributed by atoms with Gasteiger partial charge in [0.25, 0.3) is 0 Å². The van der Waals surface area contributed by atoms with Crippen LogP contribution in [0.1, 0.15) is 56.6 Å². The predicted molar refractivity (Wildman–Crippen MR) is 126 cm³/mol. The number of carbonyl (C=O) groups excluding carboxylic acids is 1. The zero-order valence-electron chi connectivity index (χ0n) is 17.2. The molecule has 0 spiro atoms. The maximum absolute atomic E-state index is 12.8. The van der Waals surface area contributed by atoms with E-state index in [4.69, 9.17) is 4.99 Å². The van der Waals surface area contributed by atoms with E-state index in [0.29, 0.717) is 12.5 Å². The highest BCUT2D eigenvalue weighted by molar-refractivity contribution is 14.0. The van der Waals surface area contributed by atoms with Gasteiger partial charge in [0.15, 0.2) is 5.96 Å². The third kappa shape index (κ3) is 6.64. The van der Waals surface area contributed by atoms with Crippen molar-refractivity contribution >= 4 is 35.8 Å². The Bertz CT molecular complexity index is 658. The van der Waals surface area contributed by atoms with Crippen molar-refractivity contribution in [1.82, 2.24) is 15.5 Å². The maximum atomic E-state index is 12.8. The van der Waals surface area contributed by atoms with Gasteiger partial charge in [-0.05, 0) is 38.7 Å². The molecule has 0 bridgehead atoms. The summed E-state index contributed by atoms with van der Waals surface area (Å²) in [7, 11) is 0. The van der Waals surface area contributed by atoms with E-state index in [1.807, 2.05) is 0 Å². The smallest absolute Gasteiger partial charge is 0.225 e. The predicted octanol–water partition coefficient (Wildman–Crippen LogP) is 3.85. The average molecular weight is 498 g/mol. The Labute approximate surface area is 186 Å². The molecule has 3 rings (SSSR count). The molecule has 0 radical (unpaired) electrons. The number of rotatable bonds is 5. The van der Waals surface area contributed by atoms with Crippen LogP contribution in [0.5, 0.6) is 0 Å². The molecule has 2 fully saturated rings. The molecule has 6 heteroatoms. The number of hydrogen-bond acceptors (Lipinski definition) is 2. The molecule has 1 aromatic carbocycles. The van der Waals surface area contributed by atoms with Gasteiger partial charge in [0.1, 0.15) is 0 Å². The van der Waals surface area contributed by atoms with Gasteiger partial charge in [-0.2, -0.15) is 0 Å². The third-order valence-electron chi connectivity index (χ3n) is 5.64. The van der Waals surface area contributed by atoms with E-state index in [1.54, 1.807) is 0 Å². The minimum atomic E-state index is 0. The number of aryl methyl sites for hydroxylation is 1. The standard InChI is InChI=1S/C22H34N4O.HI/c1-3-23-22(24-15-18-9-7-8-17(2)14-18)25-20-12-13-26(16-20)21(27)19-10-5-4-6-11-19;/h7-9,14,19-20H,3-6,10-13,15-16H2,1-2H3,(H2,23,24,25);1H. The minimum Gasteiger partial charge on any atom is -0.357 e. The number of nitrogens with one attached hydrogen (secondary N) is 2. The first kappa shape index (κ1) is 23.0. The van der Waals surface area contributed by atoms with E-state index in [0.717, 1.165) is 44.9 Å². The molecule has 156 valence electrons. The van der Waals surface area contributed by atoms with E-state index in [-0.39, 0.29) is 35.9 Å². The summed E-state index contributed by atoms with van der Waals surface area (Å²) in [5.74, 6) is 1.48. The fourth-order valence-electron chi connectivity index (χ4n) is 4.18. The van der Waals surface area contributed by atoms with Gasteiger partial charge >= 0.3 is 0 Å². The summed E-state index contributed by atoms with van der Waals surface area (Å²) in [5, 5.41) is 6.87. The summed E-state index contributed by atoms with van der Waals surface area (Å²) < 4.78 is 0. The summed E-state index contributed by atoms with van der Waals surface area (Å²) in [5.41, 5.74) is 2.47. The highest BCUT2D eigenvalue weighted by Crippen LogP contribution is 2.26. The number of carbonyl (C=O) groups is 1. The number of guanidine groups is 1. The van der Waals surface area contributed by atoms with Crippen molar-refractivity contribution in [1.29, 1.82) is 0 Å². The van der Waals surface area contributed by atoms with Crippen molar-refractivity contribution in [2.45, 2.75) is 65.0 Å². The summed E-state index contributed by atoms with van der Waals surface area (Å²) in [6.45, 7) is 7.34. The van der Waals surface area contributed by atoms with Crippen LogP contribution in [0.25, 0.3) is 0 Å². The molecule has 1 heterocycles. The quantitative estimate of drug-likeness (QED) is 0.369. The van der Waals surface area contributed by atoms with Gasteiger partial charge < -0.3 is 15.5 Å². The van der Waals surface area contributed by atoms with Crippen molar-refractivity contribution in [3.8, 4) is 0 Å². The number of aliphatic imine (C=N–C) groups is 1. The Morgan fingerprint density at radius 1 is 1.21 bits per heavy atom. The number of likely N-dealkylation sites (tertiary alicyclic amines) is 1.